The Hall–Kier alpha value is 3.99. The van der Waals surface area contributed by atoms with E-state index in [4.69, 9.17) is 0 Å². The van der Waals surface area contributed by atoms with Gasteiger partial charge in [0.15, 0.2) is 0 Å². The van der Waals surface area contributed by atoms with Gasteiger partial charge in [-0.1, -0.05) is 0 Å². The predicted molar refractivity (Wildman–Crippen MR) is 21.3 cm³/mol. The van der Waals surface area contributed by atoms with Crippen molar-refractivity contribution in [1.29, 1.82) is 0 Å². The van der Waals surface area contributed by atoms with Crippen LogP contribution in [0.25, 0.3) is 0 Å². The standard InChI is InChI=1S/Bi.Mo.Nb.Sn.Zr.7H. The Morgan fingerprint density at radius 2 is 1.00 bits per heavy atom. The Morgan fingerprint density at radius 3 is 1.00 bits per heavy atom. The van der Waals surface area contributed by atoms with Crippen molar-refractivity contribution < 1.29 is 69.6 Å². The first-order valence-electron chi connectivity index (χ1n) is 0. The molecule has 5 heteroatoms. The molecule has 0 aliphatic carbocycles. The zero-order chi connectivity index (χ0) is 0. The molecule has 0 rings (SSSR count). The molecule has 5 heavy (non-hydrogen) atoms. The number of hydrogen-bond donors (Lipinski definition) is 0. The van der Waals surface area contributed by atoms with E-state index in [2.05, 4.69) is 0 Å². The zero-order valence-electron chi connectivity index (χ0n) is 2.06. The van der Waals surface area contributed by atoms with Gasteiger partial charge in [0.2, 0.25) is 0 Å². The average molecular weight is 615 g/mol. The summed E-state index contributed by atoms with van der Waals surface area (Å²) >= 11 is 0. The van der Waals surface area contributed by atoms with Crippen molar-refractivity contribution in [1.82, 2.24) is 0 Å². The Kier molecular flexibility index (Phi) is 177. The second kappa shape index (κ2) is 24.5. The molecular weight excluding hydrogens is 608 g/mol. The fourth-order valence-electron chi connectivity index (χ4n) is 0. The summed E-state index contributed by atoms with van der Waals surface area (Å²) in [6.45, 7) is 0. The summed E-state index contributed by atoms with van der Waals surface area (Å²) in [6.07, 6.45) is 0. The summed E-state index contributed by atoms with van der Waals surface area (Å²) < 4.78 is 0. The number of hydrogen-bond acceptors (Lipinski definition) is 0. The summed E-state index contributed by atoms with van der Waals surface area (Å²) in [6, 6.07) is 0. The van der Waals surface area contributed by atoms with Crippen molar-refractivity contribution in [3.63, 3.8) is 0 Å². The van der Waals surface area contributed by atoms with Crippen LogP contribution in [0.2, 0.25) is 0 Å². The molecule has 0 nitrogen and oxygen atoms in total. The molecule has 0 saturated heterocycles. The largest absolute Gasteiger partial charge is 0 e. The van der Waals surface area contributed by atoms with Crippen molar-refractivity contribution in [2.75, 3.05) is 0 Å². The maximum absolute atomic E-state index is 0. The van der Waals surface area contributed by atoms with E-state index in [0.29, 0.717) is 0 Å². The van der Waals surface area contributed by atoms with Crippen LogP contribution in [0.15, 0.2) is 0 Å². The van der Waals surface area contributed by atoms with Crippen LogP contribution in [0.5, 0.6) is 0 Å². The molecule has 0 saturated carbocycles. The molecule has 0 amide bonds. The van der Waals surface area contributed by atoms with Crippen LogP contribution in [-0.2, 0) is 69.6 Å². The fourth-order valence-corrected chi connectivity index (χ4v) is 0. The predicted octanol–water partition coefficient (Wildman–Crippen LogP) is -2.64. The van der Waals surface area contributed by atoms with Crippen LogP contribution in [0.1, 0.15) is 0 Å². The summed E-state index contributed by atoms with van der Waals surface area (Å²) in [5, 5.41) is 0. The van der Waals surface area contributed by atoms with Crippen molar-refractivity contribution in [2.24, 2.45) is 0 Å². The Labute approximate surface area is 117 Å². The second-order valence-corrected chi connectivity index (χ2v) is 0. The van der Waals surface area contributed by atoms with E-state index in [1.54, 1.807) is 0 Å². The third-order valence-corrected chi connectivity index (χ3v) is 0. The van der Waals surface area contributed by atoms with E-state index in [1.807, 2.05) is 0 Å². The summed E-state index contributed by atoms with van der Waals surface area (Å²) in [5.74, 6) is 0. The van der Waals surface area contributed by atoms with Gasteiger partial charge in [-0.15, -0.1) is 0 Å². The van der Waals surface area contributed by atoms with E-state index in [0.717, 1.165) is 0 Å². The first-order valence-corrected chi connectivity index (χ1v) is 0. The Balaban J connectivity index is 0. The molecule has 0 unspecified atom stereocenters. The van der Waals surface area contributed by atoms with Gasteiger partial charge in [0.1, 0.15) is 0 Å². The van der Waals surface area contributed by atoms with Crippen molar-refractivity contribution >= 4 is 50.1 Å². The minimum Gasteiger partial charge on any atom is 0 e. The third kappa shape index (κ3) is 18.0. The zero-order valence-corrected chi connectivity index (χ0v) is 14.2. The Morgan fingerprint density at radius 1 is 1.00 bits per heavy atom. The van der Waals surface area contributed by atoms with Crippen LogP contribution >= 0.6 is 0 Å². The van der Waals surface area contributed by atoms with Crippen LogP contribution < -0.4 is 0 Å². The average Bonchev–Trinajstić information content (AvgIpc) is 0. The molecular formula is H7BiMoNbSnZr. The van der Waals surface area contributed by atoms with Gasteiger partial charge in [0, 0.05) is 69.6 Å². The van der Waals surface area contributed by atoms with Crippen LogP contribution in [0, 0.1) is 0 Å². The summed E-state index contributed by atoms with van der Waals surface area (Å²) in [7, 11) is 0. The van der Waals surface area contributed by atoms with Crippen LogP contribution in [-0.4, -0.2) is 50.1 Å². The second-order valence-electron chi connectivity index (χ2n) is 0. The maximum atomic E-state index is 0. The van der Waals surface area contributed by atoms with Gasteiger partial charge in [0.25, 0.3) is 0 Å². The topological polar surface area (TPSA) is 0 Å². The first kappa shape index (κ1) is 36.0. The molecule has 0 heterocycles. The van der Waals surface area contributed by atoms with Crippen LogP contribution in [0.4, 0.5) is 0 Å². The minimum atomic E-state index is 0. The molecule has 0 aromatic heterocycles. The van der Waals surface area contributed by atoms with Gasteiger partial charge in [-0.3, -0.25) is 0 Å². The SMILES string of the molecule is [BiH3].[Mo].[Nb].[SnH4].[Zr]. The van der Waals surface area contributed by atoms with E-state index in [1.165, 1.54) is 0 Å². The summed E-state index contributed by atoms with van der Waals surface area (Å²) in [5.41, 5.74) is 0. The molecule has 0 aliphatic heterocycles. The van der Waals surface area contributed by atoms with Gasteiger partial charge in [0.05, 0.1) is 0 Å². The van der Waals surface area contributed by atoms with Gasteiger partial charge < -0.3 is 0 Å². The molecule has 0 atom stereocenters. The van der Waals surface area contributed by atoms with E-state index >= 15 is 0 Å². The summed E-state index contributed by atoms with van der Waals surface area (Å²) in [4.78, 5) is 0. The van der Waals surface area contributed by atoms with Gasteiger partial charge >= 0.3 is 50.1 Å². The Bertz CT molecular complexity index is 11.6. The quantitative estimate of drug-likeness (QED) is 0.262. The molecule has 1 radical (unpaired) electrons. The van der Waals surface area contributed by atoms with E-state index in [-0.39, 0.29) is 120 Å². The fraction of sp³-hybridized carbons (Fsp3) is 0. The van der Waals surface area contributed by atoms with Gasteiger partial charge in [-0.2, -0.15) is 0 Å². The van der Waals surface area contributed by atoms with Crippen LogP contribution in [0.3, 0.4) is 0 Å². The molecule has 0 aromatic rings. The van der Waals surface area contributed by atoms with Gasteiger partial charge in [-0.05, 0) is 0 Å². The molecule has 0 N–H and O–H groups in total. The van der Waals surface area contributed by atoms with Gasteiger partial charge in [-0.25, -0.2) is 0 Å². The monoisotopic (exact) mass is 617 g/mol. The normalized spacial score (nSPS) is 0. The molecule has 0 fully saturated rings. The molecule has 0 bridgehead atoms. The minimum absolute atomic E-state index is 0. The van der Waals surface area contributed by atoms with Crippen molar-refractivity contribution in [2.45, 2.75) is 0 Å². The third-order valence-electron chi connectivity index (χ3n) is 0. The molecule has 0 aromatic carbocycles. The first-order chi connectivity index (χ1) is 0. The van der Waals surface area contributed by atoms with E-state index < -0.39 is 0 Å². The molecule has 0 aliphatic rings. The smallest absolute Gasteiger partial charge is 0 e. The van der Waals surface area contributed by atoms with Crippen molar-refractivity contribution in [3.05, 3.63) is 0 Å². The van der Waals surface area contributed by atoms with Crippen molar-refractivity contribution in [3.8, 4) is 0 Å². The van der Waals surface area contributed by atoms with E-state index in [9.17, 15) is 0 Å². The maximum Gasteiger partial charge on any atom is 0 e. The number of rotatable bonds is 0. The molecule has 31 valence electrons. The molecule has 0 spiro atoms.